The molecule has 26 heavy (non-hydrogen) atoms. The number of hydrogen-bond donors (Lipinski definition) is 2. The quantitative estimate of drug-likeness (QED) is 0.864. The number of amides is 2. The van der Waals surface area contributed by atoms with Crippen LogP contribution in [0.3, 0.4) is 0 Å². The summed E-state index contributed by atoms with van der Waals surface area (Å²) in [4.78, 5) is 28.7. The molecule has 1 aromatic heterocycles. The van der Waals surface area contributed by atoms with E-state index in [1.54, 1.807) is 39.1 Å². The number of rotatable bonds is 2. The average Bonchev–Trinajstić information content (AvgIpc) is 2.72. The lowest BCUT2D eigenvalue weighted by molar-refractivity contribution is -0.118. The minimum absolute atomic E-state index is 0.0149. The van der Waals surface area contributed by atoms with Gasteiger partial charge in [-0.2, -0.15) is 0 Å². The topological polar surface area (TPSA) is 89.6 Å². The fourth-order valence-electron chi connectivity index (χ4n) is 2.47. The first-order valence-electron chi connectivity index (χ1n) is 8.30. The van der Waals surface area contributed by atoms with Gasteiger partial charge in [0.15, 0.2) is 0 Å². The fraction of sp³-hybridized carbons (Fsp3) is 0.316. The molecule has 0 saturated heterocycles. The number of nitrogens with one attached hydrogen (secondary N) is 2. The van der Waals surface area contributed by atoms with E-state index in [2.05, 4.69) is 15.6 Å². The van der Waals surface area contributed by atoms with E-state index in [1.807, 2.05) is 24.3 Å². The molecule has 0 radical (unpaired) electrons. The molecule has 0 bridgehead atoms. The first kappa shape index (κ1) is 17.7. The number of pyridine rings is 1. The smallest absolute Gasteiger partial charge is 0.408 e. The van der Waals surface area contributed by atoms with Crippen molar-refractivity contribution in [1.29, 1.82) is 0 Å². The van der Waals surface area contributed by atoms with E-state index in [9.17, 15) is 9.59 Å². The number of anilines is 1. The molecule has 7 heteroatoms. The molecule has 2 aromatic rings. The lowest BCUT2D eigenvalue weighted by atomic mass is 10.1. The zero-order valence-electron chi connectivity index (χ0n) is 14.9. The zero-order valence-corrected chi connectivity index (χ0v) is 14.9. The van der Waals surface area contributed by atoms with Crippen molar-refractivity contribution < 1.29 is 19.1 Å². The molecular weight excluding hydrogens is 334 g/mol. The van der Waals surface area contributed by atoms with Crippen molar-refractivity contribution in [2.75, 3.05) is 11.9 Å². The van der Waals surface area contributed by atoms with E-state index in [0.29, 0.717) is 11.4 Å². The Hall–Kier alpha value is -3.09. The van der Waals surface area contributed by atoms with Crippen molar-refractivity contribution in [2.45, 2.75) is 32.4 Å². The summed E-state index contributed by atoms with van der Waals surface area (Å²) in [6.45, 7) is 5.28. The van der Waals surface area contributed by atoms with Gasteiger partial charge >= 0.3 is 6.09 Å². The van der Waals surface area contributed by atoms with Gasteiger partial charge in [-0.1, -0.05) is 6.07 Å². The third-order valence-corrected chi connectivity index (χ3v) is 3.61. The lowest BCUT2D eigenvalue weighted by Gasteiger charge is -2.22. The van der Waals surface area contributed by atoms with Crippen LogP contribution in [0.15, 0.2) is 42.6 Å². The van der Waals surface area contributed by atoms with Crippen LogP contribution in [0.25, 0.3) is 11.3 Å². The number of fused-ring (bicyclic) bond motifs is 1. The van der Waals surface area contributed by atoms with Gasteiger partial charge in [-0.25, -0.2) is 4.79 Å². The zero-order chi connectivity index (χ0) is 18.7. The SMILES string of the molecule is CC(C)(C)OC(=O)N[C@@H]1COc2ccc(-c3ccccn3)cc2NC1=O. The highest BCUT2D eigenvalue weighted by Crippen LogP contribution is 2.31. The molecule has 0 unspecified atom stereocenters. The normalized spacial score (nSPS) is 16.6. The van der Waals surface area contributed by atoms with Crippen molar-refractivity contribution in [3.8, 4) is 17.0 Å². The molecule has 3 rings (SSSR count). The molecule has 1 aliphatic rings. The van der Waals surface area contributed by atoms with Crippen molar-refractivity contribution in [1.82, 2.24) is 10.3 Å². The number of carbonyl (C=O) groups is 2. The molecule has 1 atom stereocenters. The number of nitrogens with zero attached hydrogens (tertiary/aromatic N) is 1. The highest BCUT2D eigenvalue weighted by atomic mass is 16.6. The summed E-state index contributed by atoms with van der Waals surface area (Å²) in [5.74, 6) is 0.166. The minimum atomic E-state index is -0.851. The van der Waals surface area contributed by atoms with Gasteiger partial charge in [-0.15, -0.1) is 0 Å². The molecule has 2 N–H and O–H groups in total. The molecule has 0 aliphatic carbocycles. The molecule has 2 amide bonds. The van der Waals surface area contributed by atoms with Crippen molar-refractivity contribution >= 4 is 17.7 Å². The summed E-state index contributed by atoms with van der Waals surface area (Å²) in [5.41, 5.74) is 1.53. The predicted octanol–water partition coefficient (Wildman–Crippen LogP) is 2.97. The molecule has 1 aromatic carbocycles. The van der Waals surface area contributed by atoms with Crippen LogP contribution in [-0.4, -0.2) is 35.2 Å². The first-order valence-corrected chi connectivity index (χ1v) is 8.30. The van der Waals surface area contributed by atoms with Gasteiger partial charge in [0.05, 0.1) is 11.4 Å². The van der Waals surface area contributed by atoms with Crippen LogP contribution in [0.2, 0.25) is 0 Å². The number of carbonyl (C=O) groups excluding carboxylic acids is 2. The fourth-order valence-corrected chi connectivity index (χ4v) is 2.47. The third kappa shape index (κ3) is 4.30. The number of alkyl carbamates (subject to hydrolysis) is 1. The number of hydrogen-bond acceptors (Lipinski definition) is 5. The Morgan fingerprint density at radius 2 is 2.12 bits per heavy atom. The van der Waals surface area contributed by atoms with Gasteiger partial charge in [-0.05, 0) is 51.1 Å². The molecule has 0 saturated carbocycles. The Labute approximate surface area is 151 Å². The van der Waals surface area contributed by atoms with E-state index in [4.69, 9.17) is 9.47 Å². The summed E-state index contributed by atoms with van der Waals surface area (Å²) in [6, 6.07) is 10.2. The molecule has 7 nitrogen and oxygen atoms in total. The standard InChI is InChI=1S/C19H21N3O4/c1-19(2,3)26-18(24)22-15-11-25-16-8-7-12(10-14(16)21-17(15)23)13-6-4-5-9-20-13/h4-10,15H,11H2,1-3H3,(H,21,23)(H,22,24)/t15-/m1/s1. The van der Waals surface area contributed by atoms with Gasteiger partial charge < -0.3 is 20.1 Å². The minimum Gasteiger partial charge on any atom is -0.489 e. The van der Waals surface area contributed by atoms with Crippen LogP contribution < -0.4 is 15.4 Å². The van der Waals surface area contributed by atoms with E-state index in [0.717, 1.165) is 11.3 Å². The summed E-state index contributed by atoms with van der Waals surface area (Å²) in [6.07, 6.45) is 1.04. The summed E-state index contributed by atoms with van der Waals surface area (Å²) in [5, 5.41) is 5.32. The Bertz CT molecular complexity index is 815. The van der Waals surface area contributed by atoms with Gasteiger partial charge in [0.2, 0.25) is 0 Å². The number of ether oxygens (including phenoxy) is 2. The Kier molecular flexibility index (Phi) is 4.79. The second kappa shape index (κ2) is 7.03. The Morgan fingerprint density at radius 3 is 2.81 bits per heavy atom. The molecule has 0 spiro atoms. The van der Waals surface area contributed by atoms with Gasteiger partial charge in [-0.3, -0.25) is 9.78 Å². The van der Waals surface area contributed by atoms with Crippen molar-refractivity contribution in [3.05, 3.63) is 42.6 Å². The lowest BCUT2D eigenvalue weighted by Crippen LogP contribution is -2.48. The molecule has 0 fully saturated rings. The second-order valence-electron chi connectivity index (χ2n) is 6.92. The molecule has 136 valence electrons. The average molecular weight is 355 g/mol. The summed E-state index contributed by atoms with van der Waals surface area (Å²) < 4.78 is 10.9. The van der Waals surface area contributed by atoms with E-state index in [1.165, 1.54) is 0 Å². The van der Waals surface area contributed by atoms with Crippen LogP contribution in [0.5, 0.6) is 5.75 Å². The Morgan fingerprint density at radius 1 is 1.31 bits per heavy atom. The number of benzene rings is 1. The molecular formula is C19H21N3O4. The largest absolute Gasteiger partial charge is 0.489 e. The van der Waals surface area contributed by atoms with Crippen LogP contribution in [0.4, 0.5) is 10.5 Å². The maximum absolute atomic E-state index is 12.4. The maximum Gasteiger partial charge on any atom is 0.408 e. The highest BCUT2D eigenvalue weighted by Gasteiger charge is 2.28. The van der Waals surface area contributed by atoms with E-state index in [-0.39, 0.29) is 12.5 Å². The van der Waals surface area contributed by atoms with Crippen molar-refractivity contribution in [3.63, 3.8) is 0 Å². The Balaban J connectivity index is 1.75. The highest BCUT2D eigenvalue weighted by molar-refractivity contribution is 5.99. The van der Waals surface area contributed by atoms with Gasteiger partial charge in [0.25, 0.3) is 5.91 Å². The summed E-state index contributed by atoms with van der Waals surface area (Å²) >= 11 is 0. The van der Waals surface area contributed by atoms with Crippen molar-refractivity contribution in [2.24, 2.45) is 0 Å². The van der Waals surface area contributed by atoms with Gasteiger partial charge in [0, 0.05) is 11.8 Å². The van der Waals surface area contributed by atoms with E-state index < -0.39 is 17.7 Å². The maximum atomic E-state index is 12.4. The predicted molar refractivity (Wildman–Crippen MR) is 97.0 cm³/mol. The van der Waals surface area contributed by atoms with Crippen LogP contribution in [0.1, 0.15) is 20.8 Å². The van der Waals surface area contributed by atoms with Gasteiger partial charge in [0.1, 0.15) is 24.0 Å². The molecule has 1 aliphatic heterocycles. The summed E-state index contributed by atoms with van der Waals surface area (Å²) in [7, 11) is 0. The monoisotopic (exact) mass is 355 g/mol. The van der Waals surface area contributed by atoms with E-state index >= 15 is 0 Å². The number of aromatic nitrogens is 1. The van der Waals surface area contributed by atoms with Crippen LogP contribution in [0, 0.1) is 0 Å². The molecule has 2 heterocycles. The van der Waals surface area contributed by atoms with Crippen LogP contribution in [-0.2, 0) is 9.53 Å². The van der Waals surface area contributed by atoms with Crippen LogP contribution >= 0.6 is 0 Å². The third-order valence-electron chi connectivity index (χ3n) is 3.61. The first-order chi connectivity index (χ1) is 12.3. The second-order valence-corrected chi connectivity index (χ2v) is 6.92.